The molecular formula is H2BaO4S2. The molecule has 0 unspecified atom stereocenters. The van der Waals surface area contributed by atoms with Crippen molar-refractivity contribution in [3.63, 3.8) is 0 Å². The molecular weight excluding hydrogens is 265 g/mol. The van der Waals surface area contributed by atoms with Gasteiger partial charge in [-0.25, -0.2) is 0 Å². The average molecular weight is 267 g/mol. The van der Waals surface area contributed by atoms with Gasteiger partial charge >= 0.3 is 59.3 Å². The van der Waals surface area contributed by atoms with E-state index in [9.17, 15) is 0 Å². The summed E-state index contributed by atoms with van der Waals surface area (Å²) in [6.07, 6.45) is 0. The Bertz CT molecular complexity index is 92.9. The minimum Gasteiger partial charge on any atom is -2.00 e. The Morgan fingerprint density at radius 3 is 1.14 bits per heavy atom. The summed E-state index contributed by atoms with van der Waals surface area (Å²) < 4.78 is 31.6. The molecule has 0 aromatic rings. The van der Waals surface area contributed by atoms with Crippen molar-refractivity contribution in [2.45, 2.75) is 0 Å². The Labute approximate surface area is 88.8 Å². The van der Waals surface area contributed by atoms with Gasteiger partial charge in [-0.2, -0.15) is 8.42 Å². The van der Waals surface area contributed by atoms with Crippen molar-refractivity contribution < 1.29 is 17.5 Å². The molecule has 0 aliphatic heterocycles. The van der Waals surface area contributed by atoms with Gasteiger partial charge in [-0.15, -0.1) is 0 Å². The van der Waals surface area contributed by atoms with E-state index in [1.165, 1.54) is 0 Å². The first kappa shape index (κ1) is 15.9. The Morgan fingerprint density at radius 2 is 1.14 bits per heavy atom. The molecule has 0 aromatic heterocycles. The zero-order valence-electron chi connectivity index (χ0n) is 3.23. The predicted molar refractivity (Wildman–Crippen MR) is 27.3 cm³/mol. The van der Waals surface area contributed by atoms with Gasteiger partial charge in [-0.3, -0.25) is 9.11 Å². The first-order valence-electron chi connectivity index (χ1n) is 0.698. The van der Waals surface area contributed by atoms with Gasteiger partial charge < -0.3 is 13.5 Å². The van der Waals surface area contributed by atoms with Crippen LogP contribution in [0.1, 0.15) is 0 Å². The number of hydrogen-bond donors (Lipinski definition) is 2. The third kappa shape index (κ3) is 81.4. The Kier molecular flexibility index (Phi) is 13.5. The Hall–Kier alpha value is 1.79. The summed E-state index contributed by atoms with van der Waals surface area (Å²) >= 11 is 0. The molecule has 2 N–H and O–H groups in total. The summed E-state index contributed by atoms with van der Waals surface area (Å²) in [5.74, 6) is 0. The van der Waals surface area contributed by atoms with Crippen LogP contribution in [0.5, 0.6) is 0 Å². The van der Waals surface area contributed by atoms with Gasteiger partial charge in [-0.05, 0) is 0 Å². The standard InChI is InChI=1S/Ba.H2O4S.S/c;1-5(2,3)4;/h;(H2,1,2,3,4);/q+2;;-2. The number of hydrogen-bond acceptors (Lipinski definition) is 2. The van der Waals surface area contributed by atoms with Crippen LogP contribution in [-0.2, 0) is 23.9 Å². The summed E-state index contributed by atoms with van der Waals surface area (Å²) in [6.45, 7) is 0. The van der Waals surface area contributed by atoms with E-state index in [0.29, 0.717) is 0 Å². The molecule has 0 amide bonds. The van der Waals surface area contributed by atoms with Gasteiger partial charge in [0.2, 0.25) is 0 Å². The smallest absolute Gasteiger partial charge is 2.00 e. The average Bonchev–Trinajstić information content (AvgIpc) is 0.722. The quantitative estimate of drug-likeness (QED) is 0.434. The topological polar surface area (TPSA) is 74.6 Å². The summed E-state index contributed by atoms with van der Waals surface area (Å²) in [7, 11) is -4.67. The van der Waals surface area contributed by atoms with E-state index < -0.39 is 10.4 Å². The molecule has 0 spiro atoms. The van der Waals surface area contributed by atoms with E-state index in [-0.39, 0.29) is 62.4 Å². The maximum absolute atomic E-state index is 8.74. The van der Waals surface area contributed by atoms with Crippen LogP contribution in [0.3, 0.4) is 0 Å². The molecule has 0 aromatic carbocycles. The molecule has 7 heavy (non-hydrogen) atoms. The van der Waals surface area contributed by atoms with Gasteiger partial charge in [0.25, 0.3) is 0 Å². The maximum Gasteiger partial charge on any atom is 2.00 e. The number of rotatable bonds is 0. The minimum absolute atomic E-state index is 0. The van der Waals surface area contributed by atoms with Crippen LogP contribution < -0.4 is 0 Å². The van der Waals surface area contributed by atoms with E-state index in [1.807, 2.05) is 0 Å². The minimum atomic E-state index is -4.67. The van der Waals surface area contributed by atoms with E-state index >= 15 is 0 Å². The second-order valence-corrected chi connectivity index (χ2v) is 1.34. The SMILES string of the molecule is O=S(=O)(O)O.[Ba+2].[S-2]. The van der Waals surface area contributed by atoms with Crippen molar-refractivity contribution >= 4 is 72.8 Å². The van der Waals surface area contributed by atoms with Crippen molar-refractivity contribution in [3.8, 4) is 0 Å². The zero-order chi connectivity index (χ0) is 4.50. The van der Waals surface area contributed by atoms with Gasteiger partial charge in [0.05, 0.1) is 0 Å². The third-order valence-corrected chi connectivity index (χ3v) is 0. The van der Waals surface area contributed by atoms with E-state index in [2.05, 4.69) is 0 Å². The Balaban J connectivity index is -0.0000000800. The fourth-order valence-corrected chi connectivity index (χ4v) is 0. The van der Waals surface area contributed by atoms with Gasteiger partial charge in [-0.1, -0.05) is 0 Å². The summed E-state index contributed by atoms with van der Waals surface area (Å²) in [6, 6.07) is 0. The zero-order valence-corrected chi connectivity index (χ0v) is 9.31. The molecule has 0 radical (unpaired) electrons. The molecule has 0 heterocycles. The van der Waals surface area contributed by atoms with E-state index in [4.69, 9.17) is 17.5 Å². The van der Waals surface area contributed by atoms with Crippen LogP contribution in [0.4, 0.5) is 0 Å². The molecule has 4 nitrogen and oxygen atoms in total. The fourth-order valence-electron chi connectivity index (χ4n) is 0. The van der Waals surface area contributed by atoms with Crippen LogP contribution in [0.25, 0.3) is 0 Å². The van der Waals surface area contributed by atoms with Crippen LogP contribution in [0, 0.1) is 0 Å². The molecule has 0 atom stereocenters. The van der Waals surface area contributed by atoms with Crippen molar-refractivity contribution in [1.82, 2.24) is 0 Å². The first-order chi connectivity index (χ1) is 2.00. The molecule has 0 bridgehead atoms. The van der Waals surface area contributed by atoms with E-state index in [0.717, 1.165) is 0 Å². The molecule has 0 saturated carbocycles. The largest absolute Gasteiger partial charge is 2.00 e. The summed E-state index contributed by atoms with van der Waals surface area (Å²) in [5.41, 5.74) is 0. The monoisotopic (exact) mass is 268 g/mol. The van der Waals surface area contributed by atoms with Crippen LogP contribution >= 0.6 is 0 Å². The molecule has 0 rings (SSSR count). The first-order valence-corrected chi connectivity index (χ1v) is 2.10. The van der Waals surface area contributed by atoms with Crippen LogP contribution in [0.15, 0.2) is 0 Å². The molecule has 7 heteroatoms. The maximum atomic E-state index is 8.74. The van der Waals surface area contributed by atoms with Gasteiger partial charge in [0, 0.05) is 0 Å². The third-order valence-electron chi connectivity index (χ3n) is 0. The normalized spacial score (nSPS) is 8.29. The van der Waals surface area contributed by atoms with Gasteiger partial charge in [0.1, 0.15) is 0 Å². The van der Waals surface area contributed by atoms with Crippen molar-refractivity contribution in [2.24, 2.45) is 0 Å². The summed E-state index contributed by atoms with van der Waals surface area (Å²) in [4.78, 5) is 0. The van der Waals surface area contributed by atoms with Crippen molar-refractivity contribution in [1.29, 1.82) is 0 Å². The van der Waals surface area contributed by atoms with Crippen molar-refractivity contribution in [2.75, 3.05) is 0 Å². The van der Waals surface area contributed by atoms with Crippen LogP contribution in [0.2, 0.25) is 0 Å². The van der Waals surface area contributed by atoms with E-state index in [1.54, 1.807) is 0 Å². The molecule has 0 saturated heterocycles. The fraction of sp³-hybridized carbons (Fsp3) is 0. The molecule has 0 aliphatic rings. The summed E-state index contributed by atoms with van der Waals surface area (Å²) in [5, 5.41) is 0. The van der Waals surface area contributed by atoms with Crippen molar-refractivity contribution in [3.05, 3.63) is 0 Å². The molecule has 40 valence electrons. The predicted octanol–water partition coefficient (Wildman–Crippen LogP) is -1.04. The molecule has 0 fully saturated rings. The second-order valence-electron chi connectivity index (χ2n) is 0.448. The van der Waals surface area contributed by atoms with Gasteiger partial charge in [0.15, 0.2) is 0 Å². The second kappa shape index (κ2) is 5.92. The van der Waals surface area contributed by atoms with Crippen LogP contribution in [-0.4, -0.2) is 66.4 Å². The Morgan fingerprint density at radius 1 is 1.14 bits per heavy atom. The molecule has 0 aliphatic carbocycles.